The fraction of sp³-hybridized carbons (Fsp3) is 0.500. The lowest BCUT2D eigenvalue weighted by atomic mass is 9.95. The zero-order valence-electron chi connectivity index (χ0n) is 21.9. The highest BCUT2D eigenvalue weighted by Gasteiger charge is 2.27. The number of imide groups is 1. The molecule has 0 saturated carbocycles. The lowest BCUT2D eigenvalue weighted by Crippen LogP contribution is -2.50. The van der Waals surface area contributed by atoms with Crippen LogP contribution < -0.4 is 30.5 Å². The van der Waals surface area contributed by atoms with Crippen molar-refractivity contribution in [3.63, 3.8) is 0 Å². The Labute approximate surface area is 219 Å². The number of amides is 3. The van der Waals surface area contributed by atoms with Crippen molar-refractivity contribution in [2.75, 3.05) is 79.9 Å². The average Bonchev–Trinajstić information content (AvgIpc) is 2.90. The van der Waals surface area contributed by atoms with Crippen LogP contribution >= 0.6 is 0 Å². The van der Waals surface area contributed by atoms with Gasteiger partial charge in [0.25, 0.3) is 0 Å². The van der Waals surface area contributed by atoms with Crippen molar-refractivity contribution in [1.29, 1.82) is 0 Å². The Hall–Kier alpha value is -3.46. The largest absolute Gasteiger partial charge is 0.495 e. The number of nitrogens with one attached hydrogen (secondary N) is 1. The SMILES string of the molecule is COc1cc(N)ccc1N1CCC(CN2CCN(c3ccc(N4CCC(=O)NC4=O)c(C)c3)CC2)CC1. The molecule has 0 radical (unpaired) electrons. The molecule has 3 amide bonds. The minimum absolute atomic E-state index is 0.207. The third kappa shape index (κ3) is 5.61. The number of hydrogen-bond donors (Lipinski definition) is 2. The predicted octanol–water partition coefficient (Wildman–Crippen LogP) is 3.07. The molecule has 2 aromatic carbocycles. The average molecular weight is 507 g/mol. The van der Waals surface area contributed by atoms with Crippen molar-refractivity contribution >= 4 is 34.7 Å². The molecule has 0 aliphatic carbocycles. The summed E-state index contributed by atoms with van der Waals surface area (Å²) in [5, 5.41) is 2.41. The Bertz CT molecular complexity index is 1140. The number of nitrogens with zero attached hydrogens (tertiary/aromatic N) is 4. The molecule has 3 aliphatic rings. The number of urea groups is 1. The molecule has 9 heteroatoms. The van der Waals surface area contributed by atoms with Crippen LogP contribution in [0.5, 0.6) is 5.75 Å². The summed E-state index contributed by atoms with van der Waals surface area (Å²) in [6, 6.07) is 11.9. The van der Waals surface area contributed by atoms with E-state index in [-0.39, 0.29) is 11.9 Å². The first kappa shape index (κ1) is 25.2. The standard InChI is InChI=1S/C28H38N6O3/c1-20-17-23(4-6-24(20)34-12-9-27(35)30-28(34)36)32-15-13-31(14-16-32)19-21-7-10-33(11-8-21)25-5-3-22(29)18-26(25)37-2/h3-6,17-18,21H,7-16,19,29H2,1-2H3,(H,30,35,36). The highest BCUT2D eigenvalue weighted by molar-refractivity contribution is 6.06. The Morgan fingerprint density at radius 3 is 2.32 bits per heavy atom. The summed E-state index contributed by atoms with van der Waals surface area (Å²) in [7, 11) is 1.71. The first-order valence-electron chi connectivity index (χ1n) is 13.3. The predicted molar refractivity (Wildman–Crippen MR) is 148 cm³/mol. The molecule has 198 valence electrons. The third-order valence-corrected chi connectivity index (χ3v) is 7.94. The van der Waals surface area contributed by atoms with Crippen LogP contribution in [0.1, 0.15) is 24.8 Å². The fourth-order valence-electron chi connectivity index (χ4n) is 5.80. The van der Waals surface area contributed by atoms with Gasteiger partial charge in [-0.3, -0.25) is 19.9 Å². The highest BCUT2D eigenvalue weighted by Crippen LogP contribution is 2.33. The summed E-state index contributed by atoms with van der Waals surface area (Å²) in [5.41, 5.74) is 10.9. The number of benzene rings is 2. The van der Waals surface area contributed by atoms with Gasteiger partial charge in [-0.15, -0.1) is 0 Å². The van der Waals surface area contributed by atoms with Gasteiger partial charge in [-0.1, -0.05) is 0 Å². The number of carbonyl (C=O) groups is 2. The molecule has 0 atom stereocenters. The van der Waals surface area contributed by atoms with Crippen molar-refractivity contribution < 1.29 is 14.3 Å². The van der Waals surface area contributed by atoms with Gasteiger partial charge >= 0.3 is 6.03 Å². The smallest absolute Gasteiger partial charge is 0.328 e. The maximum atomic E-state index is 12.2. The number of hydrogen-bond acceptors (Lipinski definition) is 7. The molecule has 3 aliphatic heterocycles. The quantitative estimate of drug-likeness (QED) is 0.582. The molecule has 0 bridgehead atoms. The number of rotatable bonds is 6. The summed E-state index contributed by atoms with van der Waals surface area (Å²) >= 11 is 0. The lowest BCUT2D eigenvalue weighted by molar-refractivity contribution is -0.120. The Morgan fingerprint density at radius 2 is 1.65 bits per heavy atom. The molecule has 0 aromatic heterocycles. The van der Waals surface area contributed by atoms with E-state index in [9.17, 15) is 9.59 Å². The number of aryl methyl sites for hydroxylation is 1. The van der Waals surface area contributed by atoms with Crippen LogP contribution in [0, 0.1) is 12.8 Å². The van der Waals surface area contributed by atoms with Gasteiger partial charge in [-0.05, 0) is 61.6 Å². The molecule has 2 aromatic rings. The molecule has 5 rings (SSSR count). The molecule has 3 heterocycles. The Balaban J connectivity index is 1.11. The first-order chi connectivity index (χ1) is 17.9. The monoisotopic (exact) mass is 506 g/mol. The van der Waals surface area contributed by atoms with Crippen LogP contribution in [0.2, 0.25) is 0 Å². The van der Waals surface area contributed by atoms with Crippen molar-refractivity contribution in [3.8, 4) is 5.75 Å². The number of piperazine rings is 1. The van der Waals surface area contributed by atoms with Crippen LogP contribution in [0.25, 0.3) is 0 Å². The van der Waals surface area contributed by atoms with Gasteiger partial charge in [0.1, 0.15) is 5.75 Å². The molecule has 0 spiro atoms. The maximum absolute atomic E-state index is 12.2. The summed E-state index contributed by atoms with van der Waals surface area (Å²) in [4.78, 5) is 32.8. The maximum Gasteiger partial charge on any atom is 0.328 e. The van der Waals surface area contributed by atoms with E-state index in [1.54, 1.807) is 12.0 Å². The topological polar surface area (TPSA) is 94.4 Å². The van der Waals surface area contributed by atoms with Crippen molar-refractivity contribution in [1.82, 2.24) is 10.2 Å². The number of carbonyl (C=O) groups excluding carboxylic acids is 2. The lowest BCUT2D eigenvalue weighted by Gasteiger charge is -2.40. The zero-order chi connectivity index (χ0) is 25.9. The first-order valence-corrected chi connectivity index (χ1v) is 13.3. The van der Waals surface area contributed by atoms with E-state index in [0.29, 0.717) is 18.9 Å². The number of methoxy groups -OCH3 is 1. The van der Waals surface area contributed by atoms with Crippen molar-refractivity contribution in [2.24, 2.45) is 5.92 Å². The molecule has 0 unspecified atom stereocenters. The third-order valence-electron chi connectivity index (χ3n) is 7.94. The number of nitrogen functional groups attached to an aromatic ring is 1. The van der Waals surface area contributed by atoms with Gasteiger partial charge in [0.05, 0.1) is 12.8 Å². The number of piperidine rings is 1. The van der Waals surface area contributed by atoms with E-state index in [0.717, 1.165) is 74.2 Å². The van der Waals surface area contributed by atoms with Crippen LogP contribution in [0.3, 0.4) is 0 Å². The molecular formula is C28H38N6O3. The van der Waals surface area contributed by atoms with Crippen molar-refractivity contribution in [2.45, 2.75) is 26.2 Å². The van der Waals surface area contributed by atoms with E-state index in [1.165, 1.54) is 18.5 Å². The van der Waals surface area contributed by atoms with Crippen LogP contribution in [-0.2, 0) is 4.79 Å². The van der Waals surface area contributed by atoms with Gasteiger partial charge in [0.2, 0.25) is 5.91 Å². The number of anilines is 4. The van der Waals surface area contributed by atoms with Gasteiger partial charge in [0.15, 0.2) is 0 Å². The summed E-state index contributed by atoms with van der Waals surface area (Å²) in [6.45, 7) is 9.81. The fourth-order valence-corrected chi connectivity index (χ4v) is 5.80. The van der Waals surface area contributed by atoms with Crippen LogP contribution in [-0.4, -0.2) is 76.3 Å². The summed E-state index contributed by atoms with van der Waals surface area (Å²) in [6.07, 6.45) is 2.71. The molecule has 3 saturated heterocycles. The minimum Gasteiger partial charge on any atom is -0.495 e. The van der Waals surface area contributed by atoms with E-state index < -0.39 is 0 Å². The van der Waals surface area contributed by atoms with Gasteiger partial charge in [-0.2, -0.15) is 0 Å². The molecule has 3 fully saturated rings. The number of ether oxygens (including phenoxy) is 1. The van der Waals surface area contributed by atoms with E-state index in [4.69, 9.17) is 10.5 Å². The second kappa shape index (κ2) is 10.9. The Kier molecular flexibility index (Phi) is 7.41. The molecule has 37 heavy (non-hydrogen) atoms. The van der Waals surface area contributed by atoms with Crippen molar-refractivity contribution in [3.05, 3.63) is 42.0 Å². The highest BCUT2D eigenvalue weighted by atomic mass is 16.5. The van der Waals surface area contributed by atoms with Crippen LogP contribution in [0.4, 0.5) is 27.5 Å². The summed E-state index contributed by atoms with van der Waals surface area (Å²) < 4.78 is 5.56. The second-order valence-electron chi connectivity index (χ2n) is 10.4. The van der Waals surface area contributed by atoms with Gasteiger partial charge in [-0.25, -0.2) is 4.79 Å². The van der Waals surface area contributed by atoms with E-state index in [1.807, 2.05) is 25.1 Å². The second-order valence-corrected chi connectivity index (χ2v) is 10.4. The molecule has 9 nitrogen and oxygen atoms in total. The van der Waals surface area contributed by atoms with Crippen LogP contribution in [0.15, 0.2) is 36.4 Å². The van der Waals surface area contributed by atoms with E-state index >= 15 is 0 Å². The van der Waals surface area contributed by atoms with Gasteiger partial charge in [0, 0.05) is 81.9 Å². The minimum atomic E-state index is -0.334. The van der Waals surface area contributed by atoms with E-state index in [2.05, 4.69) is 38.2 Å². The Morgan fingerprint density at radius 1 is 0.919 bits per heavy atom. The zero-order valence-corrected chi connectivity index (χ0v) is 21.9. The number of nitrogens with two attached hydrogens (primary N) is 1. The molecule has 3 N–H and O–H groups in total. The summed E-state index contributed by atoms with van der Waals surface area (Å²) in [5.74, 6) is 1.36. The van der Waals surface area contributed by atoms with Gasteiger partial charge < -0.3 is 20.3 Å². The normalized spacial score (nSPS) is 19.8. The molecular weight excluding hydrogens is 468 g/mol.